The Morgan fingerprint density at radius 1 is 0.500 bits per heavy atom. The number of fused-ring (bicyclic) bond motifs is 3. The normalized spacial score (nSPS) is 11.4. The van der Waals surface area contributed by atoms with Gasteiger partial charge in [-0.1, -0.05) is 111 Å². The second kappa shape index (κ2) is 10.6. The number of hydrogen-bond donors (Lipinski definition) is 0. The fourth-order valence-electron chi connectivity index (χ4n) is 5.44. The summed E-state index contributed by atoms with van der Waals surface area (Å²) in [7, 11) is 0. The Morgan fingerprint density at radius 2 is 1.14 bits per heavy atom. The van der Waals surface area contributed by atoms with Crippen LogP contribution < -0.4 is 0 Å². The molecule has 0 fully saturated rings. The molecule has 0 unspecified atom stereocenters. The van der Waals surface area contributed by atoms with Gasteiger partial charge >= 0.3 is 0 Å². The highest BCUT2D eigenvalue weighted by Gasteiger charge is 2.16. The first-order chi connectivity index (χ1) is 20.5. The lowest BCUT2D eigenvalue weighted by Gasteiger charge is -2.15. The van der Waals surface area contributed by atoms with Crippen molar-refractivity contribution >= 4 is 21.8 Å². The number of aromatic nitrogens is 4. The lowest BCUT2D eigenvalue weighted by Crippen LogP contribution is -1.98. The van der Waals surface area contributed by atoms with Gasteiger partial charge in [-0.3, -0.25) is 9.97 Å². The molecule has 202 valence electrons. The molecule has 0 aliphatic rings. The smallest absolute Gasteiger partial charge is 0.160 e. The van der Waals surface area contributed by atoms with Crippen LogP contribution >= 0.6 is 0 Å². The molecular weight excluding hydrogens is 512 g/mol. The molecule has 3 heterocycles. The zero-order chi connectivity index (χ0) is 28.6. The van der Waals surface area contributed by atoms with E-state index >= 15 is 0 Å². The molecule has 7 rings (SSSR count). The maximum Gasteiger partial charge on any atom is 0.160 e. The first kappa shape index (κ1) is 25.7. The zero-order valence-corrected chi connectivity index (χ0v) is 23.9. The first-order valence-electron chi connectivity index (χ1n) is 14.4. The van der Waals surface area contributed by atoms with Crippen LogP contribution in [0.15, 0.2) is 121 Å². The number of pyridine rings is 2. The van der Waals surface area contributed by atoms with E-state index in [1.54, 1.807) is 0 Å². The molecule has 42 heavy (non-hydrogen) atoms. The van der Waals surface area contributed by atoms with E-state index in [0.29, 0.717) is 5.82 Å². The molecule has 4 heteroatoms. The summed E-state index contributed by atoms with van der Waals surface area (Å²) < 4.78 is 0. The van der Waals surface area contributed by atoms with Gasteiger partial charge in [-0.25, -0.2) is 9.97 Å². The highest BCUT2D eigenvalue weighted by atomic mass is 14.9. The van der Waals surface area contributed by atoms with Gasteiger partial charge in [-0.2, -0.15) is 0 Å². The van der Waals surface area contributed by atoms with E-state index in [0.717, 1.165) is 72.4 Å². The van der Waals surface area contributed by atoms with Gasteiger partial charge in [-0.15, -0.1) is 0 Å². The van der Waals surface area contributed by atoms with Crippen molar-refractivity contribution in [1.82, 2.24) is 19.9 Å². The van der Waals surface area contributed by atoms with E-state index in [-0.39, 0.29) is 5.92 Å². The fraction of sp³-hybridized carbons (Fsp3) is 0.105. The van der Waals surface area contributed by atoms with Crippen molar-refractivity contribution in [1.29, 1.82) is 0 Å². The predicted octanol–water partition coefficient (Wildman–Crippen LogP) is 9.67. The van der Waals surface area contributed by atoms with Crippen LogP contribution in [0.1, 0.15) is 31.2 Å². The topological polar surface area (TPSA) is 51.6 Å². The molecule has 4 nitrogen and oxygen atoms in total. The minimum Gasteiger partial charge on any atom is -0.251 e. The molecule has 3 aromatic heterocycles. The fourth-order valence-corrected chi connectivity index (χ4v) is 5.44. The Hall–Kier alpha value is -5.22. The van der Waals surface area contributed by atoms with E-state index in [1.165, 1.54) is 0 Å². The first-order valence-corrected chi connectivity index (χ1v) is 14.4. The van der Waals surface area contributed by atoms with E-state index in [9.17, 15) is 0 Å². The summed E-state index contributed by atoms with van der Waals surface area (Å²) >= 11 is 0. The van der Waals surface area contributed by atoms with Crippen molar-refractivity contribution in [3.8, 4) is 45.0 Å². The number of nitrogens with zero attached hydrogens (tertiary/aromatic N) is 4. The van der Waals surface area contributed by atoms with Gasteiger partial charge in [0.1, 0.15) is 0 Å². The SMILES string of the molecule is Cc1ccc2ccc3c(-c4cccc(-c5cc(-c6ccccc6)nc(-c6ccccc6)n5)c4)cc(C(C)C)nc3c2n1. The highest BCUT2D eigenvalue weighted by Crippen LogP contribution is 2.36. The van der Waals surface area contributed by atoms with E-state index in [2.05, 4.69) is 98.8 Å². The summed E-state index contributed by atoms with van der Waals surface area (Å²) in [6.45, 7) is 6.41. The van der Waals surface area contributed by atoms with Gasteiger partial charge in [0.2, 0.25) is 0 Å². The monoisotopic (exact) mass is 542 g/mol. The van der Waals surface area contributed by atoms with Crippen molar-refractivity contribution in [2.75, 3.05) is 0 Å². The van der Waals surface area contributed by atoms with Crippen LogP contribution in [0.4, 0.5) is 0 Å². The average Bonchev–Trinajstić information content (AvgIpc) is 3.04. The summed E-state index contributed by atoms with van der Waals surface area (Å²) in [4.78, 5) is 20.0. The summed E-state index contributed by atoms with van der Waals surface area (Å²) in [5.41, 5.74) is 11.1. The Labute approximate surface area is 245 Å². The summed E-state index contributed by atoms with van der Waals surface area (Å²) in [6, 6.07) is 42.0. The number of benzene rings is 4. The predicted molar refractivity (Wildman–Crippen MR) is 173 cm³/mol. The highest BCUT2D eigenvalue weighted by molar-refractivity contribution is 6.08. The number of hydrogen-bond acceptors (Lipinski definition) is 4. The summed E-state index contributed by atoms with van der Waals surface area (Å²) in [5, 5.41) is 2.20. The van der Waals surface area contributed by atoms with Crippen LogP contribution in [0.3, 0.4) is 0 Å². The molecule has 7 aromatic rings. The van der Waals surface area contributed by atoms with Crippen molar-refractivity contribution in [2.24, 2.45) is 0 Å². The van der Waals surface area contributed by atoms with E-state index in [4.69, 9.17) is 19.9 Å². The Kier molecular flexibility index (Phi) is 6.52. The second-order valence-corrected chi connectivity index (χ2v) is 11.0. The Bertz CT molecular complexity index is 2010. The minimum absolute atomic E-state index is 0.278. The molecule has 0 spiro atoms. The quantitative estimate of drug-likeness (QED) is 0.203. The third kappa shape index (κ3) is 4.82. The number of aryl methyl sites for hydroxylation is 1. The zero-order valence-electron chi connectivity index (χ0n) is 23.9. The molecule has 0 aliphatic heterocycles. The largest absolute Gasteiger partial charge is 0.251 e. The van der Waals surface area contributed by atoms with Crippen LogP contribution in [-0.4, -0.2) is 19.9 Å². The Morgan fingerprint density at radius 3 is 1.88 bits per heavy atom. The van der Waals surface area contributed by atoms with E-state index in [1.807, 2.05) is 43.3 Å². The van der Waals surface area contributed by atoms with Gasteiger partial charge in [0, 0.05) is 38.9 Å². The van der Waals surface area contributed by atoms with Crippen LogP contribution in [-0.2, 0) is 0 Å². The standard InChI is InChI=1S/C38H30N4/c1-24(2)33-22-32(31-20-19-27-18-17-25(3)39-36(27)37(31)40-33)29-15-10-16-30(21-29)35-23-34(26-11-6-4-7-12-26)41-38(42-35)28-13-8-5-9-14-28/h4-24H,1-3H3. The lowest BCUT2D eigenvalue weighted by molar-refractivity contribution is 0.831. The van der Waals surface area contributed by atoms with Crippen LogP contribution in [0, 0.1) is 6.92 Å². The lowest BCUT2D eigenvalue weighted by atomic mass is 9.94. The number of rotatable bonds is 5. The molecule has 0 radical (unpaired) electrons. The van der Waals surface area contributed by atoms with Gasteiger partial charge in [0.25, 0.3) is 0 Å². The van der Waals surface area contributed by atoms with Crippen LogP contribution in [0.5, 0.6) is 0 Å². The van der Waals surface area contributed by atoms with Gasteiger partial charge < -0.3 is 0 Å². The average molecular weight is 543 g/mol. The molecular formula is C38H30N4. The van der Waals surface area contributed by atoms with Gasteiger partial charge in [0.05, 0.1) is 22.4 Å². The minimum atomic E-state index is 0.278. The maximum atomic E-state index is 5.12. The summed E-state index contributed by atoms with van der Waals surface area (Å²) in [5.74, 6) is 0.988. The van der Waals surface area contributed by atoms with Gasteiger partial charge in [-0.05, 0) is 48.2 Å². The van der Waals surface area contributed by atoms with Crippen molar-refractivity contribution in [3.05, 3.63) is 133 Å². The van der Waals surface area contributed by atoms with E-state index < -0.39 is 0 Å². The molecule has 0 bridgehead atoms. The van der Waals surface area contributed by atoms with Gasteiger partial charge in [0.15, 0.2) is 5.82 Å². The molecule has 4 aromatic carbocycles. The molecule has 0 saturated carbocycles. The van der Waals surface area contributed by atoms with Crippen LogP contribution in [0.25, 0.3) is 66.8 Å². The third-order valence-electron chi connectivity index (χ3n) is 7.69. The van der Waals surface area contributed by atoms with Crippen molar-refractivity contribution in [2.45, 2.75) is 26.7 Å². The molecule has 0 N–H and O–H groups in total. The molecule has 0 aliphatic carbocycles. The second-order valence-electron chi connectivity index (χ2n) is 11.0. The third-order valence-corrected chi connectivity index (χ3v) is 7.69. The Balaban J connectivity index is 1.43. The molecule has 0 atom stereocenters. The van der Waals surface area contributed by atoms with Crippen molar-refractivity contribution in [3.63, 3.8) is 0 Å². The van der Waals surface area contributed by atoms with Crippen molar-refractivity contribution < 1.29 is 0 Å². The molecule has 0 amide bonds. The summed E-state index contributed by atoms with van der Waals surface area (Å²) in [6.07, 6.45) is 0. The van der Waals surface area contributed by atoms with Crippen LogP contribution in [0.2, 0.25) is 0 Å². The maximum absolute atomic E-state index is 5.12. The molecule has 0 saturated heterocycles.